The molecule has 2 atom stereocenters. The standard InChI is InChI=1S/C52H99NO5/c1-3-5-7-9-11-13-15-16-17-18-19-20-21-22-26-30-34-38-42-46-52(57)58-47-43-39-35-31-27-24-23-25-29-33-37-41-45-51(56)53-49(48-54)50(55)44-40-36-32-28-14-12-10-8-6-4-2/h24,27,40,44,49-50,54-55H,3-23,25-26,28-39,41-43,45-48H2,1-2H3,(H,53,56)/b27-24-,44-40+. The number of carbonyl (C=O) groups excluding carboxylic acids is 2. The number of allylic oxidation sites excluding steroid dienone is 3. The number of hydrogen-bond donors (Lipinski definition) is 3. The number of nitrogens with one attached hydrogen (secondary N) is 1. The summed E-state index contributed by atoms with van der Waals surface area (Å²) in [6, 6.07) is -0.644. The molecule has 0 heterocycles. The Morgan fingerprint density at radius 2 is 0.810 bits per heavy atom. The van der Waals surface area contributed by atoms with Crippen molar-refractivity contribution in [2.75, 3.05) is 13.2 Å². The van der Waals surface area contributed by atoms with Crippen molar-refractivity contribution in [3.05, 3.63) is 24.3 Å². The van der Waals surface area contributed by atoms with E-state index in [1.165, 1.54) is 167 Å². The van der Waals surface area contributed by atoms with Crippen molar-refractivity contribution in [1.29, 1.82) is 0 Å². The third-order valence-electron chi connectivity index (χ3n) is 11.7. The molecule has 0 bridgehead atoms. The number of rotatable bonds is 47. The summed E-state index contributed by atoms with van der Waals surface area (Å²) in [7, 11) is 0. The molecule has 0 fully saturated rings. The molecule has 0 aliphatic rings. The van der Waals surface area contributed by atoms with Gasteiger partial charge in [0.2, 0.25) is 5.91 Å². The van der Waals surface area contributed by atoms with Crippen LogP contribution in [0.15, 0.2) is 24.3 Å². The second-order valence-electron chi connectivity index (χ2n) is 17.5. The lowest BCUT2D eigenvalue weighted by Gasteiger charge is -2.20. The first-order valence-electron chi connectivity index (χ1n) is 25.6. The molecular formula is C52H99NO5. The predicted molar refractivity (Wildman–Crippen MR) is 250 cm³/mol. The van der Waals surface area contributed by atoms with Crippen LogP contribution in [0.25, 0.3) is 0 Å². The van der Waals surface area contributed by atoms with Gasteiger partial charge in [-0.25, -0.2) is 0 Å². The zero-order valence-corrected chi connectivity index (χ0v) is 38.8. The summed E-state index contributed by atoms with van der Waals surface area (Å²) >= 11 is 0. The van der Waals surface area contributed by atoms with Gasteiger partial charge < -0.3 is 20.3 Å². The fourth-order valence-corrected chi connectivity index (χ4v) is 7.74. The van der Waals surface area contributed by atoms with Crippen LogP contribution >= 0.6 is 0 Å². The maximum Gasteiger partial charge on any atom is 0.305 e. The number of carbonyl (C=O) groups is 2. The van der Waals surface area contributed by atoms with Crippen molar-refractivity contribution in [1.82, 2.24) is 5.32 Å². The molecule has 6 nitrogen and oxygen atoms in total. The smallest absolute Gasteiger partial charge is 0.305 e. The largest absolute Gasteiger partial charge is 0.466 e. The molecule has 2 unspecified atom stereocenters. The zero-order chi connectivity index (χ0) is 42.3. The van der Waals surface area contributed by atoms with Gasteiger partial charge >= 0.3 is 5.97 Å². The first kappa shape index (κ1) is 56.3. The summed E-state index contributed by atoms with van der Waals surface area (Å²) in [5.41, 5.74) is 0. The van der Waals surface area contributed by atoms with E-state index < -0.39 is 12.1 Å². The Morgan fingerprint density at radius 3 is 1.22 bits per heavy atom. The molecule has 0 aromatic rings. The first-order valence-corrected chi connectivity index (χ1v) is 25.6. The quantitative estimate of drug-likeness (QED) is 0.0323. The SMILES string of the molecule is CCCCCCCCCC/C=C/C(O)C(CO)NC(=O)CCCCCCC/C=C\CCCCCOC(=O)CCCCCCCCCCCCCCCCCCCCC. The Hall–Kier alpha value is -1.66. The average Bonchev–Trinajstić information content (AvgIpc) is 3.22. The third kappa shape index (κ3) is 43.9. The lowest BCUT2D eigenvalue weighted by Crippen LogP contribution is -2.45. The molecule has 342 valence electrons. The van der Waals surface area contributed by atoms with Crippen LogP contribution in [0.4, 0.5) is 0 Å². The van der Waals surface area contributed by atoms with Gasteiger partial charge in [-0.1, -0.05) is 218 Å². The molecule has 0 aromatic heterocycles. The van der Waals surface area contributed by atoms with Crippen molar-refractivity contribution < 1.29 is 24.5 Å². The highest BCUT2D eigenvalue weighted by Crippen LogP contribution is 2.16. The number of aliphatic hydroxyl groups is 2. The molecule has 3 N–H and O–H groups in total. The molecule has 0 aromatic carbocycles. The Balaban J connectivity index is 3.47. The number of hydrogen-bond acceptors (Lipinski definition) is 5. The first-order chi connectivity index (χ1) is 28.5. The second-order valence-corrected chi connectivity index (χ2v) is 17.5. The molecule has 0 spiro atoms. The number of ether oxygens (including phenoxy) is 1. The maximum atomic E-state index is 12.4. The van der Waals surface area contributed by atoms with E-state index in [1.54, 1.807) is 6.08 Å². The molecule has 1 amide bonds. The summed E-state index contributed by atoms with van der Waals surface area (Å²) in [4.78, 5) is 24.4. The lowest BCUT2D eigenvalue weighted by atomic mass is 10.0. The lowest BCUT2D eigenvalue weighted by molar-refractivity contribution is -0.143. The zero-order valence-electron chi connectivity index (χ0n) is 38.8. The van der Waals surface area contributed by atoms with E-state index in [2.05, 4.69) is 31.3 Å². The van der Waals surface area contributed by atoms with Crippen LogP contribution in [0.3, 0.4) is 0 Å². The Bertz CT molecular complexity index is 904. The van der Waals surface area contributed by atoms with E-state index >= 15 is 0 Å². The van der Waals surface area contributed by atoms with E-state index in [0.29, 0.717) is 19.4 Å². The van der Waals surface area contributed by atoms with Gasteiger partial charge in [0.15, 0.2) is 0 Å². The highest BCUT2D eigenvalue weighted by molar-refractivity contribution is 5.76. The molecule has 0 saturated carbocycles. The Kier molecular flexibility index (Phi) is 46.6. The van der Waals surface area contributed by atoms with Crippen LogP contribution < -0.4 is 5.32 Å². The summed E-state index contributed by atoms with van der Waals surface area (Å²) in [6.45, 7) is 4.83. The van der Waals surface area contributed by atoms with E-state index in [-0.39, 0.29) is 18.5 Å². The van der Waals surface area contributed by atoms with Crippen molar-refractivity contribution >= 4 is 11.9 Å². The predicted octanol–water partition coefficient (Wildman–Crippen LogP) is 15.1. The molecule has 0 aliphatic heterocycles. The van der Waals surface area contributed by atoms with Crippen LogP contribution in [0.5, 0.6) is 0 Å². The van der Waals surface area contributed by atoms with Crippen molar-refractivity contribution in [3.63, 3.8) is 0 Å². The number of aliphatic hydroxyl groups excluding tert-OH is 2. The normalized spacial score (nSPS) is 12.8. The van der Waals surface area contributed by atoms with E-state index in [1.807, 2.05) is 6.08 Å². The molecule has 0 aliphatic carbocycles. The molecule has 58 heavy (non-hydrogen) atoms. The van der Waals surface area contributed by atoms with Gasteiger partial charge in [0.25, 0.3) is 0 Å². The van der Waals surface area contributed by atoms with Crippen molar-refractivity contribution in [2.45, 2.75) is 283 Å². The summed E-state index contributed by atoms with van der Waals surface area (Å²) in [5, 5.41) is 22.9. The topological polar surface area (TPSA) is 95.9 Å². The molecule has 0 rings (SSSR count). The number of unbranched alkanes of at least 4 members (excludes halogenated alkanes) is 34. The minimum absolute atomic E-state index is 0.0204. The molecule has 6 heteroatoms. The van der Waals surface area contributed by atoms with E-state index in [0.717, 1.165) is 77.0 Å². The minimum atomic E-state index is -0.858. The fraction of sp³-hybridized carbons (Fsp3) is 0.885. The second kappa shape index (κ2) is 48.0. The van der Waals surface area contributed by atoms with Crippen molar-refractivity contribution in [2.24, 2.45) is 0 Å². The average molecular weight is 818 g/mol. The highest BCUT2D eigenvalue weighted by atomic mass is 16.5. The van der Waals surface area contributed by atoms with Crippen LogP contribution in [-0.4, -0.2) is 47.4 Å². The summed E-state index contributed by atoms with van der Waals surface area (Å²) in [5.74, 6) is -0.116. The van der Waals surface area contributed by atoms with Crippen molar-refractivity contribution in [3.8, 4) is 0 Å². The number of esters is 1. The summed E-state index contributed by atoms with van der Waals surface area (Å²) in [6.07, 6.45) is 56.2. The van der Waals surface area contributed by atoms with Crippen LogP contribution in [0.2, 0.25) is 0 Å². The Labute approximate surface area is 361 Å². The number of amides is 1. The molecular weight excluding hydrogens is 719 g/mol. The molecule has 0 radical (unpaired) electrons. The fourth-order valence-electron chi connectivity index (χ4n) is 7.74. The minimum Gasteiger partial charge on any atom is -0.466 e. The van der Waals surface area contributed by atoms with Gasteiger partial charge in [-0.3, -0.25) is 9.59 Å². The van der Waals surface area contributed by atoms with Gasteiger partial charge in [-0.15, -0.1) is 0 Å². The van der Waals surface area contributed by atoms with Gasteiger partial charge in [-0.05, 0) is 64.2 Å². The van der Waals surface area contributed by atoms with Crippen LogP contribution in [0, 0.1) is 0 Å². The van der Waals surface area contributed by atoms with Crippen LogP contribution in [0.1, 0.15) is 271 Å². The van der Waals surface area contributed by atoms with E-state index in [4.69, 9.17) is 4.74 Å². The summed E-state index contributed by atoms with van der Waals surface area (Å²) < 4.78 is 5.46. The van der Waals surface area contributed by atoms with Gasteiger partial charge in [0.1, 0.15) is 0 Å². The monoisotopic (exact) mass is 818 g/mol. The molecule has 0 saturated heterocycles. The van der Waals surface area contributed by atoms with Gasteiger partial charge in [0.05, 0.1) is 25.4 Å². The third-order valence-corrected chi connectivity index (χ3v) is 11.7. The van der Waals surface area contributed by atoms with E-state index in [9.17, 15) is 19.8 Å². The van der Waals surface area contributed by atoms with Gasteiger partial charge in [-0.2, -0.15) is 0 Å². The maximum absolute atomic E-state index is 12.4. The van der Waals surface area contributed by atoms with Gasteiger partial charge in [0, 0.05) is 12.8 Å². The highest BCUT2D eigenvalue weighted by Gasteiger charge is 2.18. The Morgan fingerprint density at radius 1 is 0.466 bits per heavy atom. The van der Waals surface area contributed by atoms with Crippen LogP contribution in [-0.2, 0) is 14.3 Å².